The first-order chi connectivity index (χ1) is 11.8. The fourth-order valence-corrected chi connectivity index (χ4v) is 3.53. The molecule has 2 N–H and O–H groups in total. The van der Waals surface area contributed by atoms with Crippen molar-refractivity contribution < 1.29 is 14.3 Å². The molecular formula is C17H28N4O3S. The van der Waals surface area contributed by atoms with Gasteiger partial charge in [0, 0.05) is 43.7 Å². The van der Waals surface area contributed by atoms with E-state index in [0.29, 0.717) is 39.1 Å². The Labute approximate surface area is 153 Å². The Morgan fingerprint density at radius 3 is 2.56 bits per heavy atom. The number of nitrogens with zero attached hydrogens (tertiary/aromatic N) is 2. The molecule has 1 fully saturated rings. The number of rotatable bonds is 6. The average Bonchev–Trinajstić information content (AvgIpc) is 3.07. The van der Waals surface area contributed by atoms with Crippen LogP contribution >= 0.6 is 11.3 Å². The van der Waals surface area contributed by atoms with E-state index in [2.05, 4.69) is 15.6 Å². The van der Waals surface area contributed by atoms with Crippen LogP contribution in [0.5, 0.6) is 0 Å². The quantitative estimate of drug-likeness (QED) is 0.747. The molecule has 1 aliphatic rings. The van der Waals surface area contributed by atoms with E-state index in [0.717, 1.165) is 5.13 Å². The van der Waals surface area contributed by atoms with Crippen molar-refractivity contribution >= 4 is 28.3 Å². The Balaban J connectivity index is 2.09. The molecule has 25 heavy (non-hydrogen) atoms. The number of hydrogen-bond donors (Lipinski definition) is 2. The van der Waals surface area contributed by atoms with Gasteiger partial charge < -0.3 is 20.3 Å². The number of hydrogen-bond acceptors (Lipinski definition) is 6. The molecule has 8 heteroatoms. The first-order valence-electron chi connectivity index (χ1n) is 8.53. The van der Waals surface area contributed by atoms with Crippen molar-refractivity contribution in [3.05, 3.63) is 11.6 Å². The highest BCUT2D eigenvalue weighted by Crippen LogP contribution is 2.30. The number of methoxy groups -OCH3 is 1. The third-order valence-corrected chi connectivity index (χ3v) is 5.04. The lowest BCUT2D eigenvalue weighted by atomic mass is 9.85. The van der Waals surface area contributed by atoms with E-state index in [4.69, 9.17) is 4.74 Å². The number of amides is 2. The van der Waals surface area contributed by atoms with Crippen molar-refractivity contribution in [2.75, 3.05) is 38.7 Å². The number of likely N-dealkylation sites (tertiary alicyclic amines) is 1. The average molecular weight is 369 g/mol. The van der Waals surface area contributed by atoms with Crippen LogP contribution in [-0.4, -0.2) is 60.6 Å². The molecule has 140 valence electrons. The predicted molar refractivity (Wildman–Crippen MR) is 98.6 cm³/mol. The maximum atomic E-state index is 12.8. The van der Waals surface area contributed by atoms with Crippen LogP contribution in [0.4, 0.5) is 5.13 Å². The van der Waals surface area contributed by atoms with Crippen LogP contribution in [0.25, 0.3) is 0 Å². The van der Waals surface area contributed by atoms with E-state index < -0.39 is 11.0 Å². The molecule has 0 unspecified atom stereocenters. The second-order valence-electron chi connectivity index (χ2n) is 7.34. The zero-order valence-electron chi connectivity index (χ0n) is 15.4. The molecule has 0 spiro atoms. The maximum Gasteiger partial charge on any atom is 0.245 e. The van der Waals surface area contributed by atoms with Gasteiger partial charge >= 0.3 is 0 Å². The SMILES string of the molecule is COCCNC(=O)C1(Nc2nccs2)CCN(C(=O)C(C)(C)C)CC1. The number of carbonyl (C=O) groups excluding carboxylic acids is 2. The Hall–Kier alpha value is -1.67. The largest absolute Gasteiger partial charge is 0.383 e. The maximum absolute atomic E-state index is 12.8. The molecule has 1 aromatic heterocycles. The Bertz CT molecular complexity index is 575. The Morgan fingerprint density at radius 1 is 1.36 bits per heavy atom. The third-order valence-electron chi connectivity index (χ3n) is 4.35. The van der Waals surface area contributed by atoms with Gasteiger partial charge in [-0.05, 0) is 12.8 Å². The van der Waals surface area contributed by atoms with Gasteiger partial charge in [0.25, 0.3) is 0 Å². The molecule has 0 radical (unpaired) electrons. The minimum absolute atomic E-state index is 0.0670. The lowest BCUT2D eigenvalue weighted by molar-refractivity contribution is -0.142. The van der Waals surface area contributed by atoms with E-state index >= 15 is 0 Å². The fraction of sp³-hybridized carbons (Fsp3) is 0.706. The van der Waals surface area contributed by atoms with Gasteiger partial charge in [0.15, 0.2) is 5.13 Å². The molecule has 2 amide bonds. The van der Waals surface area contributed by atoms with Gasteiger partial charge in [0.05, 0.1) is 6.61 Å². The summed E-state index contributed by atoms with van der Waals surface area (Å²) in [7, 11) is 1.60. The minimum atomic E-state index is -0.750. The number of thiazole rings is 1. The normalized spacial score (nSPS) is 17.2. The highest BCUT2D eigenvalue weighted by molar-refractivity contribution is 7.13. The summed E-state index contributed by atoms with van der Waals surface area (Å²) >= 11 is 1.46. The molecule has 0 bridgehead atoms. The van der Waals surface area contributed by atoms with Crippen molar-refractivity contribution in [3.63, 3.8) is 0 Å². The highest BCUT2D eigenvalue weighted by Gasteiger charge is 2.43. The Morgan fingerprint density at radius 2 is 2.04 bits per heavy atom. The minimum Gasteiger partial charge on any atom is -0.383 e. The van der Waals surface area contributed by atoms with E-state index in [9.17, 15) is 9.59 Å². The highest BCUT2D eigenvalue weighted by atomic mass is 32.1. The van der Waals surface area contributed by atoms with E-state index in [1.54, 1.807) is 13.3 Å². The van der Waals surface area contributed by atoms with Crippen LogP contribution in [0.2, 0.25) is 0 Å². The van der Waals surface area contributed by atoms with Crippen LogP contribution < -0.4 is 10.6 Å². The lowest BCUT2D eigenvalue weighted by Crippen LogP contribution is -2.60. The van der Waals surface area contributed by atoms with E-state index in [1.807, 2.05) is 31.1 Å². The zero-order valence-corrected chi connectivity index (χ0v) is 16.2. The van der Waals surface area contributed by atoms with Crippen LogP contribution in [0.3, 0.4) is 0 Å². The van der Waals surface area contributed by atoms with Gasteiger partial charge in [-0.15, -0.1) is 11.3 Å². The summed E-state index contributed by atoms with van der Waals surface area (Å²) in [6.07, 6.45) is 2.81. The van der Waals surface area contributed by atoms with Gasteiger partial charge in [-0.2, -0.15) is 0 Å². The molecule has 0 atom stereocenters. The third kappa shape index (κ3) is 4.92. The first kappa shape index (κ1) is 19.7. The molecule has 0 aromatic carbocycles. The molecule has 1 aromatic rings. The standard InChI is InChI=1S/C17H28N4O3S/c1-16(2,3)14(23)21-9-5-17(6-10-21,13(22)18-7-11-24-4)20-15-19-8-12-25-15/h8,12H,5-7,9-11H2,1-4H3,(H,18,22)(H,19,20). The number of anilines is 1. The summed E-state index contributed by atoms with van der Waals surface area (Å²) in [6.45, 7) is 7.78. The second-order valence-corrected chi connectivity index (χ2v) is 8.23. The van der Waals surface area contributed by atoms with Gasteiger partial charge in [-0.3, -0.25) is 9.59 Å². The smallest absolute Gasteiger partial charge is 0.245 e. The molecule has 2 heterocycles. The molecule has 0 saturated carbocycles. The van der Waals surface area contributed by atoms with Gasteiger partial charge in [-0.1, -0.05) is 20.8 Å². The summed E-state index contributed by atoms with van der Waals surface area (Å²) in [5.41, 5.74) is -1.16. The number of nitrogens with one attached hydrogen (secondary N) is 2. The number of piperidine rings is 1. The Kier molecular flexibility index (Phi) is 6.40. The van der Waals surface area contributed by atoms with Gasteiger partial charge in [-0.25, -0.2) is 4.98 Å². The van der Waals surface area contributed by atoms with Crippen molar-refractivity contribution in [3.8, 4) is 0 Å². The monoisotopic (exact) mass is 368 g/mol. The first-order valence-corrected chi connectivity index (χ1v) is 9.41. The van der Waals surface area contributed by atoms with Crippen LogP contribution in [0.15, 0.2) is 11.6 Å². The summed E-state index contributed by atoms with van der Waals surface area (Å²) < 4.78 is 5.01. The van der Waals surface area contributed by atoms with E-state index in [1.165, 1.54) is 11.3 Å². The molecule has 1 saturated heterocycles. The molecule has 0 aliphatic carbocycles. The molecule has 1 aliphatic heterocycles. The predicted octanol–water partition coefficient (Wildman–Crippen LogP) is 1.72. The van der Waals surface area contributed by atoms with Crippen LogP contribution in [0, 0.1) is 5.41 Å². The van der Waals surface area contributed by atoms with E-state index in [-0.39, 0.29) is 11.8 Å². The number of ether oxygens (including phenoxy) is 1. The number of aromatic nitrogens is 1. The molecule has 2 rings (SSSR count). The topological polar surface area (TPSA) is 83.6 Å². The fourth-order valence-electron chi connectivity index (χ4n) is 2.90. The zero-order chi connectivity index (χ0) is 18.5. The summed E-state index contributed by atoms with van der Waals surface area (Å²) in [5.74, 6) is 0.0535. The second kappa shape index (κ2) is 8.14. The van der Waals surface area contributed by atoms with Crippen molar-refractivity contribution in [2.45, 2.75) is 39.2 Å². The van der Waals surface area contributed by atoms with Crippen LogP contribution in [-0.2, 0) is 14.3 Å². The van der Waals surface area contributed by atoms with Gasteiger partial charge in [0.1, 0.15) is 5.54 Å². The molecule has 7 nitrogen and oxygen atoms in total. The van der Waals surface area contributed by atoms with Crippen molar-refractivity contribution in [1.29, 1.82) is 0 Å². The van der Waals surface area contributed by atoms with Gasteiger partial charge in [0.2, 0.25) is 11.8 Å². The summed E-state index contributed by atoms with van der Waals surface area (Å²) in [5, 5.41) is 8.84. The van der Waals surface area contributed by atoms with Crippen molar-refractivity contribution in [1.82, 2.24) is 15.2 Å². The lowest BCUT2D eigenvalue weighted by Gasteiger charge is -2.42. The number of carbonyl (C=O) groups is 2. The van der Waals surface area contributed by atoms with Crippen molar-refractivity contribution in [2.24, 2.45) is 5.41 Å². The summed E-state index contributed by atoms with van der Waals surface area (Å²) in [4.78, 5) is 31.4. The summed E-state index contributed by atoms with van der Waals surface area (Å²) in [6, 6.07) is 0. The van der Waals surface area contributed by atoms with Crippen LogP contribution in [0.1, 0.15) is 33.6 Å². The molecular weight excluding hydrogens is 340 g/mol.